The third kappa shape index (κ3) is 17.0. The highest BCUT2D eigenvalue weighted by Gasteiger charge is 2.01. The second-order valence-electron chi connectivity index (χ2n) is 6.62. The van der Waals surface area contributed by atoms with E-state index in [1.807, 2.05) is 0 Å². The van der Waals surface area contributed by atoms with Gasteiger partial charge in [0.2, 0.25) is 0 Å². The van der Waals surface area contributed by atoms with Gasteiger partial charge in [0.15, 0.2) is 0 Å². The number of ether oxygens (including phenoxy) is 1. The van der Waals surface area contributed by atoms with E-state index in [9.17, 15) is 4.79 Å². The van der Waals surface area contributed by atoms with Crippen LogP contribution in [0.5, 0.6) is 0 Å². The second kappa shape index (κ2) is 19.5. The van der Waals surface area contributed by atoms with Crippen LogP contribution in [0.2, 0.25) is 0 Å². The Bertz CT molecular complexity index is 445. The summed E-state index contributed by atoms with van der Waals surface area (Å²) in [7, 11) is 0. The van der Waals surface area contributed by atoms with Crippen molar-refractivity contribution >= 4 is 5.97 Å². The summed E-state index contributed by atoms with van der Waals surface area (Å²) >= 11 is 0. The average molecular weight is 363 g/mol. The molecule has 0 saturated heterocycles. The third-order valence-electron chi connectivity index (χ3n) is 4.30. The van der Waals surface area contributed by atoms with Gasteiger partial charge in [-0.25, -0.2) is 4.79 Å². The molecule has 0 amide bonds. The van der Waals surface area contributed by atoms with Crippen LogP contribution in [-0.2, 0) is 9.53 Å². The number of allylic oxidation sites excluding steroid dienone is 1. The quantitative estimate of drug-likeness (QED) is 0.171. The molecule has 0 saturated carbocycles. The fraction of sp³-hybridized carbons (Fsp3) is 0.762. The van der Waals surface area contributed by atoms with Gasteiger partial charge in [-0.3, -0.25) is 0 Å². The molecule has 0 heterocycles. The molecule has 0 rings (SSSR count). The van der Waals surface area contributed by atoms with Gasteiger partial charge in [0.1, 0.15) is 17.7 Å². The number of esters is 1. The predicted molar refractivity (Wildman–Crippen MR) is 102 cm³/mol. The van der Waals surface area contributed by atoms with Gasteiger partial charge in [-0.1, -0.05) is 77.0 Å². The number of hydrogen-bond acceptors (Lipinski definition) is 5. The molecule has 0 aromatic heterocycles. The van der Waals surface area contributed by atoms with Crippen LogP contribution in [0.3, 0.4) is 0 Å². The predicted octanol–water partition coefficient (Wildman–Crippen LogP) is 4.96. The number of aliphatic hydroxyl groups is 1. The number of hydrogen-bond donors (Lipinski definition) is 1. The lowest BCUT2D eigenvalue weighted by Gasteiger charge is -2.04. The number of carbonyl (C=O) groups excluding carboxylic acids is 1. The van der Waals surface area contributed by atoms with Crippen LogP contribution in [0.25, 0.3) is 0 Å². The number of nitrogens with zero attached hydrogens (tertiary/aromatic N) is 2. The number of nitriles is 2. The number of aliphatic hydroxyl groups excluding tert-OH is 1. The summed E-state index contributed by atoms with van der Waals surface area (Å²) in [5.74, 6) is -0.614. The lowest BCUT2D eigenvalue weighted by atomic mass is 10.0. The van der Waals surface area contributed by atoms with E-state index in [1.54, 1.807) is 12.1 Å². The highest BCUT2D eigenvalue weighted by Crippen LogP contribution is 2.13. The molecule has 26 heavy (non-hydrogen) atoms. The molecule has 5 heteroatoms. The summed E-state index contributed by atoms with van der Waals surface area (Å²) in [5.41, 5.74) is -0.225. The molecule has 0 unspecified atom stereocenters. The fourth-order valence-corrected chi connectivity index (χ4v) is 2.76. The van der Waals surface area contributed by atoms with Crippen LogP contribution in [0.15, 0.2) is 11.6 Å². The second-order valence-corrected chi connectivity index (χ2v) is 6.62. The lowest BCUT2D eigenvalue weighted by Crippen LogP contribution is -2.03. The standard InChI is InChI=1S/C21H34N2O3/c22-18-20(19-23)17-21(25)26-16-14-12-10-8-6-4-2-1-3-5-7-9-11-13-15-24/h17,24H,1-16H2. The van der Waals surface area contributed by atoms with Gasteiger partial charge in [-0.15, -0.1) is 0 Å². The zero-order valence-electron chi connectivity index (χ0n) is 16.0. The van der Waals surface area contributed by atoms with E-state index < -0.39 is 5.97 Å². The van der Waals surface area contributed by atoms with Crippen molar-refractivity contribution < 1.29 is 14.6 Å². The summed E-state index contributed by atoms with van der Waals surface area (Å²) in [4.78, 5) is 11.3. The van der Waals surface area contributed by atoms with Crippen molar-refractivity contribution in [3.05, 3.63) is 11.6 Å². The van der Waals surface area contributed by atoms with Crippen LogP contribution >= 0.6 is 0 Å². The monoisotopic (exact) mass is 362 g/mol. The molecule has 0 spiro atoms. The molecular formula is C21H34N2O3. The molecule has 0 atom stereocenters. The van der Waals surface area contributed by atoms with Crippen LogP contribution in [0, 0.1) is 22.7 Å². The summed E-state index contributed by atoms with van der Waals surface area (Å²) in [6, 6.07) is 3.26. The fourth-order valence-electron chi connectivity index (χ4n) is 2.76. The van der Waals surface area contributed by atoms with E-state index in [4.69, 9.17) is 20.4 Å². The average Bonchev–Trinajstić information content (AvgIpc) is 2.65. The van der Waals surface area contributed by atoms with Crippen LogP contribution in [0.1, 0.15) is 89.9 Å². The van der Waals surface area contributed by atoms with E-state index in [0.29, 0.717) is 13.2 Å². The minimum atomic E-state index is -0.614. The Kier molecular flexibility index (Phi) is 18.1. The number of rotatable bonds is 17. The molecule has 146 valence electrons. The minimum absolute atomic E-state index is 0.225. The van der Waals surface area contributed by atoms with Gasteiger partial charge in [0.05, 0.1) is 12.7 Å². The van der Waals surface area contributed by atoms with Crippen LogP contribution < -0.4 is 0 Å². The van der Waals surface area contributed by atoms with E-state index in [2.05, 4.69) is 0 Å². The first kappa shape index (κ1) is 24.1. The maximum Gasteiger partial charge on any atom is 0.332 e. The molecular weight excluding hydrogens is 328 g/mol. The third-order valence-corrected chi connectivity index (χ3v) is 4.30. The van der Waals surface area contributed by atoms with Gasteiger partial charge in [0, 0.05) is 6.61 Å². The van der Waals surface area contributed by atoms with Crippen molar-refractivity contribution in [2.45, 2.75) is 89.9 Å². The maximum absolute atomic E-state index is 11.3. The summed E-state index contributed by atoms with van der Waals surface area (Å²) in [6.07, 6.45) is 17.7. The van der Waals surface area contributed by atoms with Gasteiger partial charge in [-0.05, 0) is 12.8 Å². The highest BCUT2D eigenvalue weighted by atomic mass is 16.5. The van der Waals surface area contributed by atoms with Crippen molar-refractivity contribution in [2.75, 3.05) is 13.2 Å². The summed E-state index contributed by atoms with van der Waals surface area (Å²) in [6.45, 7) is 0.672. The Labute approximate surface area is 158 Å². The Morgan fingerprint density at radius 3 is 1.50 bits per heavy atom. The first-order valence-corrected chi connectivity index (χ1v) is 10.0. The van der Waals surface area contributed by atoms with Crippen molar-refractivity contribution in [3.8, 4) is 12.1 Å². The normalized spacial score (nSPS) is 9.96. The van der Waals surface area contributed by atoms with E-state index in [0.717, 1.165) is 38.2 Å². The largest absolute Gasteiger partial charge is 0.462 e. The molecule has 1 N–H and O–H groups in total. The van der Waals surface area contributed by atoms with Gasteiger partial charge < -0.3 is 9.84 Å². The SMILES string of the molecule is N#CC(C#N)=CC(=O)OCCCCCCCCCCCCCCCCO. The molecule has 0 aliphatic rings. The highest BCUT2D eigenvalue weighted by molar-refractivity contribution is 5.84. The van der Waals surface area contributed by atoms with Gasteiger partial charge >= 0.3 is 5.97 Å². The first-order valence-electron chi connectivity index (χ1n) is 10.0. The molecule has 0 bridgehead atoms. The number of carbonyl (C=O) groups is 1. The van der Waals surface area contributed by atoms with Crippen molar-refractivity contribution in [1.29, 1.82) is 10.5 Å². The van der Waals surface area contributed by atoms with E-state index in [1.165, 1.54) is 57.8 Å². The van der Waals surface area contributed by atoms with E-state index >= 15 is 0 Å². The molecule has 0 aromatic carbocycles. The van der Waals surface area contributed by atoms with Crippen molar-refractivity contribution in [3.63, 3.8) is 0 Å². The Hall–Kier alpha value is -1.85. The minimum Gasteiger partial charge on any atom is -0.462 e. The Morgan fingerprint density at radius 1 is 0.731 bits per heavy atom. The zero-order valence-corrected chi connectivity index (χ0v) is 16.0. The molecule has 0 aliphatic heterocycles. The Balaban J connectivity index is 3.25. The van der Waals surface area contributed by atoms with Crippen LogP contribution in [0.4, 0.5) is 0 Å². The first-order chi connectivity index (χ1) is 12.7. The maximum atomic E-state index is 11.3. The lowest BCUT2D eigenvalue weighted by molar-refractivity contribution is -0.137. The summed E-state index contributed by atoms with van der Waals surface area (Å²) in [5, 5.41) is 25.8. The molecule has 0 fully saturated rings. The van der Waals surface area contributed by atoms with Crippen LogP contribution in [-0.4, -0.2) is 24.3 Å². The molecule has 0 radical (unpaired) electrons. The summed E-state index contributed by atoms with van der Waals surface area (Å²) < 4.78 is 4.96. The van der Waals surface area contributed by atoms with Crippen molar-refractivity contribution in [2.24, 2.45) is 0 Å². The van der Waals surface area contributed by atoms with Gasteiger partial charge in [-0.2, -0.15) is 10.5 Å². The van der Waals surface area contributed by atoms with E-state index in [-0.39, 0.29) is 5.57 Å². The molecule has 0 aliphatic carbocycles. The topological polar surface area (TPSA) is 94.1 Å². The number of unbranched alkanes of at least 4 members (excludes halogenated alkanes) is 13. The van der Waals surface area contributed by atoms with Gasteiger partial charge in [0.25, 0.3) is 0 Å². The zero-order chi connectivity index (χ0) is 19.3. The molecule has 0 aromatic rings. The smallest absolute Gasteiger partial charge is 0.332 e. The van der Waals surface area contributed by atoms with Crippen molar-refractivity contribution in [1.82, 2.24) is 0 Å². The molecule has 5 nitrogen and oxygen atoms in total. The Morgan fingerprint density at radius 2 is 1.12 bits per heavy atom.